The lowest BCUT2D eigenvalue weighted by Crippen LogP contribution is -2.43. The summed E-state index contributed by atoms with van der Waals surface area (Å²) in [5, 5.41) is 8.85. The van der Waals surface area contributed by atoms with Crippen LogP contribution in [0.15, 0.2) is 24.3 Å². The molecule has 0 radical (unpaired) electrons. The van der Waals surface area contributed by atoms with Crippen molar-refractivity contribution in [3.8, 4) is 6.07 Å². The van der Waals surface area contributed by atoms with E-state index in [2.05, 4.69) is 11.0 Å². The molecule has 7 heteroatoms. The number of amides is 1. The van der Waals surface area contributed by atoms with Gasteiger partial charge in [-0.1, -0.05) is 0 Å². The van der Waals surface area contributed by atoms with E-state index in [-0.39, 0.29) is 24.1 Å². The van der Waals surface area contributed by atoms with Gasteiger partial charge < -0.3 is 9.47 Å². The number of likely N-dealkylation sites (tertiary alicyclic amines) is 1. The number of piperidine rings is 1. The van der Waals surface area contributed by atoms with Crippen LogP contribution in [0.1, 0.15) is 18.4 Å². The molecule has 2 heterocycles. The van der Waals surface area contributed by atoms with Crippen LogP contribution in [0.4, 0.5) is 10.5 Å². The number of carbonyl (C=O) groups is 2. The summed E-state index contributed by atoms with van der Waals surface area (Å²) in [5.41, 5.74) is 1.27. The van der Waals surface area contributed by atoms with E-state index in [9.17, 15) is 9.59 Å². The van der Waals surface area contributed by atoms with Gasteiger partial charge in [0.25, 0.3) is 0 Å². The number of anilines is 1. The SMILES string of the molecule is COC(=O)C1CCCN(CC2CN(c3ccc(C#N)cc3)C(=O)O2)C1. The van der Waals surface area contributed by atoms with Crippen LogP contribution >= 0.6 is 0 Å². The summed E-state index contributed by atoms with van der Waals surface area (Å²) in [6.07, 6.45) is 1.15. The third-order valence-electron chi connectivity index (χ3n) is 4.68. The van der Waals surface area contributed by atoms with Gasteiger partial charge in [0, 0.05) is 18.8 Å². The van der Waals surface area contributed by atoms with E-state index in [0.29, 0.717) is 25.2 Å². The number of nitrogens with zero attached hydrogens (tertiary/aromatic N) is 3. The van der Waals surface area contributed by atoms with Crippen molar-refractivity contribution in [3.63, 3.8) is 0 Å². The monoisotopic (exact) mass is 343 g/mol. The van der Waals surface area contributed by atoms with Crippen molar-refractivity contribution in [2.75, 3.05) is 38.2 Å². The van der Waals surface area contributed by atoms with Gasteiger partial charge in [0.15, 0.2) is 0 Å². The Kier molecular flexibility index (Phi) is 5.19. The number of benzene rings is 1. The summed E-state index contributed by atoms with van der Waals surface area (Å²) in [4.78, 5) is 27.6. The standard InChI is InChI=1S/C18H21N3O4/c1-24-17(22)14-3-2-8-20(10-14)11-16-12-21(18(23)25-16)15-6-4-13(9-19)5-7-15/h4-7,14,16H,2-3,8,10-12H2,1H3. The number of cyclic esters (lactones) is 1. The van der Waals surface area contributed by atoms with Gasteiger partial charge in [0.1, 0.15) is 6.10 Å². The molecule has 2 fully saturated rings. The highest BCUT2D eigenvalue weighted by molar-refractivity contribution is 5.89. The molecule has 1 aromatic carbocycles. The first-order valence-electron chi connectivity index (χ1n) is 8.39. The number of ether oxygens (including phenoxy) is 2. The van der Waals surface area contributed by atoms with Crippen LogP contribution < -0.4 is 4.90 Å². The average Bonchev–Trinajstić information content (AvgIpc) is 3.01. The molecule has 25 heavy (non-hydrogen) atoms. The smallest absolute Gasteiger partial charge is 0.414 e. The van der Waals surface area contributed by atoms with E-state index < -0.39 is 0 Å². The Morgan fingerprint density at radius 3 is 2.80 bits per heavy atom. The zero-order valence-corrected chi connectivity index (χ0v) is 14.2. The van der Waals surface area contributed by atoms with Gasteiger partial charge in [-0.25, -0.2) is 4.79 Å². The Balaban J connectivity index is 1.59. The van der Waals surface area contributed by atoms with E-state index in [4.69, 9.17) is 14.7 Å². The van der Waals surface area contributed by atoms with E-state index >= 15 is 0 Å². The molecule has 0 saturated carbocycles. The van der Waals surface area contributed by atoms with Crippen molar-refractivity contribution < 1.29 is 19.1 Å². The quantitative estimate of drug-likeness (QED) is 0.775. The number of carbonyl (C=O) groups excluding carboxylic acids is 2. The normalized spacial score (nSPS) is 23.8. The molecule has 7 nitrogen and oxygen atoms in total. The van der Waals surface area contributed by atoms with Crippen LogP contribution in [0.3, 0.4) is 0 Å². The van der Waals surface area contributed by atoms with Crippen LogP contribution in [-0.2, 0) is 14.3 Å². The molecule has 0 spiro atoms. The largest absolute Gasteiger partial charge is 0.469 e. The Labute approximate surface area is 146 Å². The van der Waals surface area contributed by atoms with Gasteiger partial charge in [0.05, 0.1) is 31.2 Å². The van der Waals surface area contributed by atoms with Gasteiger partial charge in [0.2, 0.25) is 0 Å². The first kappa shape index (κ1) is 17.2. The van der Waals surface area contributed by atoms with Crippen molar-refractivity contribution >= 4 is 17.7 Å². The highest BCUT2D eigenvalue weighted by Gasteiger charge is 2.35. The Morgan fingerprint density at radius 1 is 1.36 bits per heavy atom. The predicted molar refractivity (Wildman–Crippen MR) is 90.0 cm³/mol. The molecule has 2 aliphatic heterocycles. The highest BCUT2D eigenvalue weighted by Crippen LogP contribution is 2.24. The summed E-state index contributed by atoms with van der Waals surface area (Å²) in [5.74, 6) is -0.280. The lowest BCUT2D eigenvalue weighted by Gasteiger charge is -2.32. The number of hydrogen-bond acceptors (Lipinski definition) is 6. The minimum atomic E-state index is -0.378. The molecule has 0 bridgehead atoms. The maximum Gasteiger partial charge on any atom is 0.414 e. The molecule has 2 unspecified atom stereocenters. The zero-order valence-electron chi connectivity index (χ0n) is 14.2. The molecule has 0 aromatic heterocycles. The van der Waals surface area contributed by atoms with Crippen LogP contribution in [0, 0.1) is 17.2 Å². The fraction of sp³-hybridized carbons (Fsp3) is 0.500. The summed E-state index contributed by atoms with van der Waals surface area (Å²) < 4.78 is 10.3. The second-order valence-electron chi connectivity index (χ2n) is 6.40. The molecular weight excluding hydrogens is 322 g/mol. The third-order valence-corrected chi connectivity index (χ3v) is 4.68. The highest BCUT2D eigenvalue weighted by atomic mass is 16.6. The van der Waals surface area contributed by atoms with Crippen LogP contribution in [0.25, 0.3) is 0 Å². The Morgan fingerprint density at radius 2 is 2.12 bits per heavy atom. The minimum Gasteiger partial charge on any atom is -0.469 e. The second-order valence-corrected chi connectivity index (χ2v) is 6.40. The summed E-state index contributed by atoms with van der Waals surface area (Å²) in [6.45, 7) is 2.59. The molecule has 0 N–H and O–H groups in total. The van der Waals surface area contributed by atoms with E-state index in [0.717, 1.165) is 25.1 Å². The van der Waals surface area contributed by atoms with Gasteiger partial charge in [-0.3, -0.25) is 14.6 Å². The topological polar surface area (TPSA) is 82.9 Å². The van der Waals surface area contributed by atoms with Crippen LogP contribution in [-0.4, -0.2) is 56.4 Å². The lowest BCUT2D eigenvalue weighted by molar-refractivity contribution is -0.147. The number of nitriles is 1. The fourth-order valence-electron chi connectivity index (χ4n) is 3.41. The van der Waals surface area contributed by atoms with Crippen LogP contribution in [0.2, 0.25) is 0 Å². The maximum atomic E-state index is 12.1. The van der Waals surface area contributed by atoms with Gasteiger partial charge in [-0.2, -0.15) is 5.26 Å². The van der Waals surface area contributed by atoms with Crippen LogP contribution in [0.5, 0.6) is 0 Å². The van der Waals surface area contributed by atoms with Crippen molar-refractivity contribution in [2.24, 2.45) is 5.92 Å². The molecule has 3 rings (SSSR count). The summed E-state index contributed by atoms with van der Waals surface area (Å²) in [7, 11) is 1.41. The lowest BCUT2D eigenvalue weighted by atomic mass is 9.98. The zero-order chi connectivity index (χ0) is 17.8. The number of methoxy groups -OCH3 is 1. The molecule has 132 valence electrons. The van der Waals surface area contributed by atoms with E-state index in [1.165, 1.54) is 7.11 Å². The van der Waals surface area contributed by atoms with Gasteiger partial charge in [-0.05, 0) is 43.7 Å². The fourth-order valence-corrected chi connectivity index (χ4v) is 3.41. The Bertz CT molecular complexity index is 683. The molecule has 1 aromatic rings. The van der Waals surface area contributed by atoms with Crippen molar-refractivity contribution in [1.82, 2.24) is 4.90 Å². The van der Waals surface area contributed by atoms with Crippen molar-refractivity contribution in [2.45, 2.75) is 18.9 Å². The number of esters is 1. The first-order valence-corrected chi connectivity index (χ1v) is 8.39. The Hall–Kier alpha value is -2.59. The first-order chi connectivity index (χ1) is 12.1. The van der Waals surface area contributed by atoms with E-state index in [1.807, 2.05) is 0 Å². The summed E-state index contributed by atoms with van der Waals surface area (Å²) >= 11 is 0. The average molecular weight is 343 g/mol. The van der Waals surface area contributed by atoms with Gasteiger partial charge >= 0.3 is 12.1 Å². The van der Waals surface area contributed by atoms with Crippen molar-refractivity contribution in [3.05, 3.63) is 29.8 Å². The maximum absolute atomic E-state index is 12.1. The third kappa shape index (κ3) is 3.91. The number of rotatable bonds is 4. The molecule has 2 aliphatic rings. The molecule has 2 atom stereocenters. The molecular formula is C18H21N3O4. The predicted octanol–water partition coefficient (Wildman–Crippen LogP) is 1.77. The number of hydrogen-bond donors (Lipinski definition) is 0. The molecule has 1 amide bonds. The molecule has 2 saturated heterocycles. The van der Waals surface area contributed by atoms with E-state index in [1.54, 1.807) is 29.2 Å². The van der Waals surface area contributed by atoms with Crippen molar-refractivity contribution in [1.29, 1.82) is 5.26 Å². The molecule has 0 aliphatic carbocycles. The summed E-state index contributed by atoms with van der Waals surface area (Å²) in [6, 6.07) is 8.91. The van der Waals surface area contributed by atoms with Gasteiger partial charge in [-0.15, -0.1) is 0 Å². The second kappa shape index (κ2) is 7.53. The minimum absolute atomic E-state index is 0.106.